The number of hydrogen-bond donors (Lipinski definition) is 0. The van der Waals surface area contributed by atoms with Crippen LogP contribution in [0, 0.1) is 0 Å². The lowest BCUT2D eigenvalue weighted by molar-refractivity contribution is 1.30. The molecule has 3 radical (unpaired) electrons. The zero-order chi connectivity index (χ0) is 9.40. The van der Waals surface area contributed by atoms with E-state index in [4.69, 9.17) is 7.85 Å². The van der Waals surface area contributed by atoms with Crippen LogP contribution >= 0.6 is 0 Å². The van der Waals surface area contributed by atoms with Crippen LogP contribution in [-0.4, -0.2) is 20.7 Å². The van der Waals surface area contributed by atoms with Crippen molar-refractivity contribution in [2.75, 3.05) is 0 Å². The molecular weight excluding hydrogens is 144 g/mol. The Morgan fingerprint density at radius 3 is 2.67 bits per heavy atom. The van der Waals surface area contributed by atoms with Crippen molar-refractivity contribution in [2.24, 2.45) is 4.99 Å². The Bertz CT molecular complexity index is 205. The van der Waals surface area contributed by atoms with E-state index in [1.165, 1.54) is 0 Å². The van der Waals surface area contributed by atoms with Gasteiger partial charge in [-0.3, -0.25) is 4.99 Å². The van der Waals surface area contributed by atoms with E-state index in [1.54, 1.807) is 6.20 Å². The van der Waals surface area contributed by atoms with E-state index in [9.17, 15) is 0 Å². The Labute approximate surface area is 77.3 Å². The maximum absolute atomic E-state index is 5.54. The predicted octanol–water partition coefficient (Wildman–Crippen LogP) is 2.13. The maximum atomic E-state index is 5.54. The topological polar surface area (TPSA) is 12.4 Å². The first-order chi connectivity index (χ1) is 5.74. The first-order valence-corrected chi connectivity index (χ1v) is 4.19. The van der Waals surface area contributed by atoms with Crippen LogP contribution in [0.4, 0.5) is 0 Å². The molecule has 0 rings (SSSR count). The maximum Gasteiger partial charge on any atom is 0.150 e. The van der Waals surface area contributed by atoms with Crippen molar-refractivity contribution in [1.29, 1.82) is 0 Å². The Kier molecular flexibility index (Phi) is 6.54. The summed E-state index contributed by atoms with van der Waals surface area (Å²) in [7, 11) is 7.53. The molecule has 0 amide bonds. The first kappa shape index (κ1) is 11.3. The van der Waals surface area contributed by atoms with Gasteiger partial charge in [-0.15, -0.1) is 0 Å². The van der Waals surface area contributed by atoms with Gasteiger partial charge in [0, 0.05) is 6.20 Å². The van der Waals surface area contributed by atoms with Crippen molar-refractivity contribution in [3.05, 3.63) is 23.8 Å². The molecular formula is C9H14B2N. The molecule has 0 spiro atoms. The highest BCUT2D eigenvalue weighted by Gasteiger charge is 1.87. The zero-order valence-electron chi connectivity index (χ0n) is 8.04. The van der Waals surface area contributed by atoms with E-state index in [0.717, 1.165) is 11.9 Å². The predicted molar refractivity (Wildman–Crippen MR) is 58.0 cm³/mol. The summed E-state index contributed by atoms with van der Waals surface area (Å²) in [6.07, 6.45) is 6.54. The second-order valence-electron chi connectivity index (χ2n) is 2.39. The summed E-state index contributed by atoms with van der Waals surface area (Å²) in [5.74, 6) is 0. The van der Waals surface area contributed by atoms with Gasteiger partial charge in [0.15, 0.2) is 0 Å². The molecule has 0 bridgehead atoms. The molecule has 0 aliphatic carbocycles. The van der Waals surface area contributed by atoms with E-state index < -0.39 is 0 Å². The smallest absolute Gasteiger partial charge is 0.150 e. The van der Waals surface area contributed by atoms with Crippen LogP contribution in [0.1, 0.15) is 20.3 Å². The summed E-state index contributed by atoms with van der Waals surface area (Å²) in [4.78, 5) is 4.08. The average molecular weight is 158 g/mol. The Balaban J connectivity index is 4.29. The van der Waals surface area contributed by atoms with E-state index >= 15 is 0 Å². The van der Waals surface area contributed by atoms with Crippen LogP contribution in [-0.2, 0) is 0 Å². The van der Waals surface area contributed by atoms with E-state index in [-0.39, 0.29) is 0 Å². The molecule has 0 aromatic carbocycles. The van der Waals surface area contributed by atoms with Crippen molar-refractivity contribution in [3.63, 3.8) is 0 Å². The average Bonchev–Trinajstić information content (AvgIpc) is 2.11. The summed E-state index contributed by atoms with van der Waals surface area (Å²) in [6, 6.07) is 0. The molecule has 0 fully saturated rings. The van der Waals surface area contributed by atoms with Crippen LogP contribution in [0.2, 0.25) is 6.82 Å². The third kappa shape index (κ3) is 5.00. The third-order valence-corrected chi connectivity index (χ3v) is 1.43. The third-order valence-electron chi connectivity index (χ3n) is 1.43. The molecule has 0 aromatic heterocycles. The highest BCUT2D eigenvalue weighted by Crippen LogP contribution is 1.95. The summed E-state index contributed by atoms with van der Waals surface area (Å²) >= 11 is 0. The van der Waals surface area contributed by atoms with Gasteiger partial charge in [-0.05, 0) is 19.0 Å². The number of aliphatic imine (C=N–C) groups is 1. The van der Waals surface area contributed by atoms with Crippen molar-refractivity contribution >= 4 is 20.7 Å². The highest BCUT2D eigenvalue weighted by molar-refractivity contribution is 6.59. The Morgan fingerprint density at radius 1 is 1.58 bits per heavy atom. The number of hydrogen-bond acceptors (Lipinski definition) is 1. The standard InChI is InChI=1S/C9H14B2N/c1-4-6-8(11-3)7-12-9(10)5-2/h4,6-7H,5H2,1-3H3/b6-4-,8-7+,12-9?. The fourth-order valence-corrected chi connectivity index (χ4v) is 0.655. The lowest BCUT2D eigenvalue weighted by Gasteiger charge is -1.94. The molecule has 1 nitrogen and oxygen atoms in total. The SMILES string of the molecule is [B]C(CC)=N/C=C([B]C)\C=C/C. The van der Waals surface area contributed by atoms with E-state index in [2.05, 4.69) is 4.99 Å². The van der Waals surface area contributed by atoms with Crippen molar-refractivity contribution < 1.29 is 0 Å². The summed E-state index contributed by atoms with van der Waals surface area (Å²) in [5.41, 5.74) is 1.74. The minimum absolute atomic E-state index is 0.666. The fourth-order valence-electron chi connectivity index (χ4n) is 0.655. The molecule has 0 aromatic rings. The van der Waals surface area contributed by atoms with Crippen LogP contribution in [0.5, 0.6) is 0 Å². The molecule has 0 saturated carbocycles. The van der Waals surface area contributed by atoms with Crippen LogP contribution in [0.15, 0.2) is 28.8 Å². The van der Waals surface area contributed by atoms with Gasteiger partial charge in [-0.1, -0.05) is 31.4 Å². The molecule has 12 heavy (non-hydrogen) atoms. The van der Waals surface area contributed by atoms with Crippen LogP contribution in [0.3, 0.4) is 0 Å². The van der Waals surface area contributed by atoms with Gasteiger partial charge in [0.05, 0.1) is 0 Å². The van der Waals surface area contributed by atoms with Crippen molar-refractivity contribution in [1.82, 2.24) is 0 Å². The molecule has 0 unspecified atom stereocenters. The minimum atomic E-state index is 0.666. The van der Waals surface area contributed by atoms with Gasteiger partial charge in [-0.25, -0.2) is 0 Å². The molecule has 3 heteroatoms. The Hall–Kier alpha value is -0.720. The minimum Gasteiger partial charge on any atom is -0.278 e. The molecule has 0 atom stereocenters. The molecule has 0 N–H and O–H groups in total. The molecule has 61 valence electrons. The number of allylic oxidation sites excluding steroid dienone is 3. The quantitative estimate of drug-likeness (QED) is 0.337. The van der Waals surface area contributed by atoms with E-state index in [1.807, 2.05) is 40.1 Å². The lowest BCUT2D eigenvalue weighted by atomic mass is 9.73. The Morgan fingerprint density at radius 2 is 2.25 bits per heavy atom. The van der Waals surface area contributed by atoms with Crippen molar-refractivity contribution in [3.8, 4) is 0 Å². The zero-order valence-corrected chi connectivity index (χ0v) is 8.04. The first-order valence-electron chi connectivity index (χ1n) is 4.19. The van der Waals surface area contributed by atoms with Gasteiger partial charge in [-0.2, -0.15) is 0 Å². The van der Waals surface area contributed by atoms with Crippen molar-refractivity contribution in [2.45, 2.75) is 27.1 Å². The van der Waals surface area contributed by atoms with E-state index in [0.29, 0.717) is 5.61 Å². The lowest BCUT2D eigenvalue weighted by Crippen LogP contribution is -1.93. The molecule has 0 heterocycles. The van der Waals surface area contributed by atoms with Gasteiger partial charge in [0.25, 0.3) is 0 Å². The molecule has 0 saturated heterocycles. The number of nitrogens with zero attached hydrogens (tertiary/aromatic N) is 1. The van der Waals surface area contributed by atoms with Gasteiger partial charge >= 0.3 is 0 Å². The van der Waals surface area contributed by atoms with Gasteiger partial charge in [0.2, 0.25) is 0 Å². The van der Waals surface area contributed by atoms with Gasteiger partial charge in [0.1, 0.15) is 15.1 Å². The summed E-state index contributed by atoms with van der Waals surface area (Å²) in [6.45, 7) is 5.94. The number of rotatable bonds is 4. The largest absolute Gasteiger partial charge is 0.278 e. The molecule has 0 aliphatic heterocycles. The second-order valence-corrected chi connectivity index (χ2v) is 2.39. The van der Waals surface area contributed by atoms with Gasteiger partial charge < -0.3 is 0 Å². The summed E-state index contributed by atoms with van der Waals surface area (Å²) < 4.78 is 0. The normalized spacial score (nSPS) is 13.9. The van der Waals surface area contributed by atoms with Crippen LogP contribution < -0.4 is 0 Å². The highest BCUT2D eigenvalue weighted by atomic mass is 14.7. The summed E-state index contributed by atoms with van der Waals surface area (Å²) in [5, 5.41) is 0. The monoisotopic (exact) mass is 158 g/mol. The van der Waals surface area contributed by atoms with Crippen LogP contribution in [0.25, 0.3) is 0 Å². The molecule has 0 aliphatic rings. The fraction of sp³-hybridized carbons (Fsp3) is 0.444. The second kappa shape index (κ2) is 6.96.